The van der Waals surface area contributed by atoms with Crippen LogP contribution in [0.15, 0.2) is 48.5 Å². The second kappa shape index (κ2) is 6.99. The van der Waals surface area contributed by atoms with Crippen molar-refractivity contribution < 1.29 is 14.0 Å². The van der Waals surface area contributed by atoms with E-state index in [1.165, 1.54) is 6.07 Å². The molecule has 0 aliphatic carbocycles. The van der Waals surface area contributed by atoms with Crippen molar-refractivity contribution in [1.82, 2.24) is 10.9 Å². The third-order valence-electron chi connectivity index (χ3n) is 2.87. The van der Waals surface area contributed by atoms with Crippen LogP contribution >= 0.6 is 0 Å². The monoisotopic (exact) mass is 297 g/mol. The van der Waals surface area contributed by atoms with Gasteiger partial charge in [0.05, 0.1) is 12.0 Å². The summed E-state index contributed by atoms with van der Waals surface area (Å²) in [7, 11) is 0. The number of benzene rings is 2. The topological polar surface area (TPSA) is 82.0 Å². The average molecular weight is 297 g/mol. The zero-order chi connectivity index (χ0) is 15.9. The number of carbonyl (C=O) groups is 2. The molecular formula is C16H12FN3O2. The fourth-order valence-corrected chi connectivity index (χ4v) is 1.78. The lowest BCUT2D eigenvalue weighted by atomic mass is 10.1. The molecule has 0 aliphatic heterocycles. The summed E-state index contributed by atoms with van der Waals surface area (Å²) in [5, 5.41) is 8.72. The van der Waals surface area contributed by atoms with Crippen LogP contribution in [-0.4, -0.2) is 11.8 Å². The van der Waals surface area contributed by atoms with E-state index in [1.807, 2.05) is 18.2 Å². The third kappa shape index (κ3) is 3.90. The van der Waals surface area contributed by atoms with E-state index in [1.54, 1.807) is 18.2 Å². The van der Waals surface area contributed by atoms with Gasteiger partial charge < -0.3 is 0 Å². The van der Waals surface area contributed by atoms with Crippen molar-refractivity contribution in [3.63, 3.8) is 0 Å². The summed E-state index contributed by atoms with van der Waals surface area (Å²) in [6.45, 7) is 0. The van der Waals surface area contributed by atoms with Crippen LogP contribution in [0.5, 0.6) is 0 Å². The molecule has 0 radical (unpaired) electrons. The summed E-state index contributed by atoms with van der Waals surface area (Å²) in [4.78, 5) is 23.5. The summed E-state index contributed by atoms with van der Waals surface area (Å²) in [5.41, 5.74) is 5.14. The molecule has 2 N–H and O–H groups in total. The Balaban J connectivity index is 1.93. The fourth-order valence-electron chi connectivity index (χ4n) is 1.78. The Hall–Kier alpha value is -3.20. The van der Waals surface area contributed by atoms with Crippen molar-refractivity contribution >= 4 is 11.8 Å². The van der Waals surface area contributed by atoms with E-state index < -0.39 is 11.7 Å². The van der Waals surface area contributed by atoms with Crippen molar-refractivity contribution in [2.45, 2.75) is 6.42 Å². The Morgan fingerprint density at radius 2 is 1.82 bits per heavy atom. The highest BCUT2D eigenvalue weighted by Gasteiger charge is 2.10. The molecule has 0 aromatic heterocycles. The second-order valence-electron chi connectivity index (χ2n) is 4.47. The molecule has 0 atom stereocenters. The molecule has 0 saturated carbocycles. The summed E-state index contributed by atoms with van der Waals surface area (Å²) >= 11 is 0. The molecule has 0 aliphatic rings. The van der Waals surface area contributed by atoms with Crippen LogP contribution in [0.4, 0.5) is 4.39 Å². The first kappa shape index (κ1) is 15.2. The molecule has 0 fully saturated rings. The molecule has 5 nitrogen and oxygen atoms in total. The predicted octanol–water partition coefficient (Wildman–Crippen LogP) is 1.70. The van der Waals surface area contributed by atoms with Crippen LogP contribution in [0, 0.1) is 17.1 Å². The van der Waals surface area contributed by atoms with Gasteiger partial charge in [-0.3, -0.25) is 20.4 Å². The fraction of sp³-hybridized carbons (Fsp3) is 0.0625. The lowest BCUT2D eigenvalue weighted by Crippen LogP contribution is -2.42. The van der Waals surface area contributed by atoms with Gasteiger partial charge in [-0.1, -0.05) is 30.3 Å². The minimum Gasteiger partial charge on any atom is -0.273 e. The van der Waals surface area contributed by atoms with Crippen LogP contribution in [0.1, 0.15) is 21.5 Å². The number of nitriles is 1. The van der Waals surface area contributed by atoms with Crippen LogP contribution in [-0.2, 0) is 11.2 Å². The van der Waals surface area contributed by atoms with Gasteiger partial charge in [-0.25, -0.2) is 4.39 Å². The minimum absolute atomic E-state index is 0.0814. The van der Waals surface area contributed by atoms with Gasteiger partial charge in [0, 0.05) is 5.56 Å². The Morgan fingerprint density at radius 3 is 2.50 bits per heavy atom. The van der Waals surface area contributed by atoms with E-state index in [0.29, 0.717) is 0 Å². The van der Waals surface area contributed by atoms with Gasteiger partial charge in [-0.05, 0) is 23.8 Å². The zero-order valence-electron chi connectivity index (χ0n) is 11.5. The van der Waals surface area contributed by atoms with Gasteiger partial charge in [-0.15, -0.1) is 0 Å². The number of halogens is 1. The summed E-state index contributed by atoms with van der Waals surface area (Å²) < 4.78 is 13.2. The maximum atomic E-state index is 13.2. The van der Waals surface area contributed by atoms with Crippen molar-refractivity contribution in [3.8, 4) is 6.07 Å². The van der Waals surface area contributed by atoms with Crippen molar-refractivity contribution in [2.75, 3.05) is 0 Å². The molecule has 0 unspecified atom stereocenters. The number of rotatable bonds is 3. The van der Waals surface area contributed by atoms with Gasteiger partial charge >= 0.3 is 0 Å². The predicted molar refractivity (Wildman–Crippen MR) is 76.9 cm³/mol. The molecule has 0 heterocycles. The maximum absolute atomic E-state index is 13.2. The third-order valence-corrected chi connectivity index (χ3v) is 2.87. The average Bonchev–Trinajstić information content (AvgIpc) is 2.54. The number of nitrogens with zero attached hydrogens (tertiary/aromatic N) is 1. The van der Waals surface area contributed by atoms with Crippen LogP contribution in [0.25, 0.3) is 0 Å². The number of amides is 2. The smallest absolute Gasteiger partial charge is 0.269 e. The highest BCUT2D eigenvalue weighted by molar-refractivity contribution is 5.95. The van der Waals surface area contributed by atoms with E-state index >= 15 is 0 Å². The largest absolute Gasteiger partial charge is 0.273 e. The number of carbonyl (C=O) groups excluding carboxylic acids is 2. The standard InChI is InChI=1S/C16H12FN3O2/c17-14-7-6-12(9-13(14)10-18)16(22)20-19-15(21)8-11-4-2-1-3-5-11/h1-7,9H,8H2,(H,19,21)(H,20,22). The van der Waals surface area contributed by atoms with Gasteiger partial charge in [0.25, 0.3) is 5.91 Å². The highest BCUT2D eigenvalue weighted by atomic mass is 19.1. The number of nitrogens with one attached hydrogen (secondary N) is 2. The lowest BCUT2D eigenvalue weighted by Gasteiger charge is -2.08. The molecule has 2 aromatic rings. The van der Waals surface area contributed by atoms with E-state index in [2.05, 4.69) is 10.9 Å². The zero-order valence-corrected chi connectivity index (χ0v) is 11.5. The minimum atomic E-state index is -0.702. The van der Waals surface area contributed by atoms with Crippen molar-refractivity contribution in [3.05, 3.63) is 71.0 Å². The lowest BCUT2D eigenvalue weighted by molar-refractivity contribution is -0.121. The van der Waals surface area contributed by atoms with Crippen molar-refractivity contribution in [1.29, 1.82) is 5.26 Å². The second-order valence-corrected chi connectivity index (χ2v) is 4.47. The SMILES string of the molecule is N#Cc1cc(C(=O)NNC(=O)Cc2ccccc2)ccc1F. The molecule has 0 spiro atoms. The molecule has 2 rings (SSSR count). The number of hydrazine groups is 1. The molecule has 2 aromatic carbocycles. The first-order chi connectivity index (χ1) is 10.6. The molecule has 6 heteroatoms. The Bertz CT molecular complexity index is 739. The first-order valence-corrected chi connectivity index (χ1v) is 6.43. The molecular weight excluding hydrogens is 285 g/mol. The summed E-state index contributed by atoms with van der Waals surface area (Å²) in [5.74, 6) is -1.72. The van der Waals surface area contributed by atoms with Crippen LogP contribution < -0.4 is 10.9 Å². The van der Waals surface area contributed by atoms with Crippen LogP contribution in [0.3, 0.4) is 0 Å². The van der Waals surface area contributed by atoms with E-state index in [0.717, 1.165) is 17.7 Å². The normalized spacial score (nSPS) is 9.64. The summed E-state index contributed by atoms with van der Waals surface area (Å²) in [6, 6.07) is 14.1. The maximum Gasteiger partial charge on any atom is 0.269 e. The molecule has 2 amide bonds. The molecule has 110 valence electrons. The first-order valence-electron chi connectivity index (χ1n) is 6.43. The van der Waals surface area contributed by atoms with Crippen molar-refractivity contribution in [2.24, 2.45) is 0 Å². The van der Waals surface area contributed by atoms with Crippen LogP contribution in [0.2, 0.25) is 0 Å². The van der Waals surface area contributed by atoms with Gasteiger partial charge in [0.2, 0.25) is 5.91 Å². The van der Waals surface area contributed by atoms with E-state index in [-0.39, 0.29) is 23.5 Å². The molecule has 22 heavy (non-hydrogen) atoms. The highest BCUT2D eigenvalue weighted by Crippen LogP contribution is 2.09. The van der Waals surface area contributed by atoms with Gasteiger partial charge in [-0.2, -0.15) is 5.26 Å². The Morgan fingerprint density at radius 1 is 1.09 bits per heavy atom. The Kier molecular flexibility index (Phi) is 4.83. The Labute approximate surface area is 126 Å². The van der Waals surface area contributed by atoms with Gasteiger partial charge in [0.1, 0.15) is 11.9 Å². The number of hydrogen-bond donors (Lipinski definition) is 2. The van der Waals surface area contributed by atoms with Gasteiger partial charge in [0.15, 0.2) is 0 Å². The number of hydrogen-bond acceptors (Lipinski definition) is 3. The molecule has 0 bridgehead atoms. The van der Waals surface area contributed by atoms with E-state index in [4.69, 9.17) is 5.26 Å². The van der Waals surface area contributed by atoms with E-state index in [9.17, 15) is 14.0 Å². The quantitative estimate of drug-likeness (QED) is 0.846. The molecule has 0 saturated heterocycles. The summed E-state index contributed by atoms with van der Waals surface area (Å²) in [6.07, 6.45) is 0.119.